The van der Waals surface area contributed by atoms with Gasteiger partial charge in [0.25, 0.3) is 0 Å². The number of hydrogen-bond donors (Lipinski definition) is 1. The van der Waals surface area contributed by atoms with Gasteiger partial charge in [0.1, 0.15) is 0 Å². The second-order valence-electron chi connectivity index (χ2n) is 18.4. The maximum absolute atomic E-state index is 10.7. The first-order valence-electron chi connectivity index (χ1n) is 18.6. The van der Waals surface area contributed by atoms with Crippen molar-refractivity contribution in [1.82, 2.24) is 0 Å². The molecule has 5 rings (SSSR count). The molecule has 44 heavy (non-hydrogen) atoms. The standard InChI is InChI=1S/C40H68O3Si/c1-27(2)35(43-44(9,10)38(4,5)6)19-16-28(3)32-17-18-33-37-34(21-23-40(32,33)8)39(7)22-20-31(41)24-30(39)25-36(37)42-26-29-14-12-11-13-15-29/h11-15,27-28,30-37,41H,16-26H2,1-10H3/t28-,30?,31-,32+,33?,34?,35?,36-,37?,39-,40+/m0/s1. The van der Waals surface area contributed by atoms with Crippen molar-refractivity contribution in [3.63, 3.8) is 0 Å². The Bertz CT molecular complexity index is 1080. The van der Waals surface area contributed by atoms with Gasteiger partial charge in [-0.15, -0.1) is 0 Å². The van der Waals surface area contributed by atoms with E-state index in [1.807, 2.05) is 0 Å². The highest BCUT2D eigenvalue weighted by Gasteiger charge is 2.63. The summed E-state index contributed by atoms with van der Waals surface area (Å²) in [6.07, 6.45) is 12.8. The first kappa shape index (κ1) is 34.6. The van der Waals surface area contributed by atoms with E-state index in [0.29, 0.717) is 40.8 Å². The van der Waals surface area contributed by atoms with E-state index < -0.39 is 8.32 Å². The van der Waals surface area contributed by atoms with Crippen molar-refractivity contribution >= 4 is 8.32 Å². The van der Waals surface area contributed by atoms with Crippen molar-refractivity contribution < 1.29 is 14.3 Å². The normalized spacial score (nSPS) is 39.0. The number of ether oxygens (including phenoxy) is 1. The molecule has 4 saturated carbocycles. The van der Waals surface area contributed by atoms with Crippen LogP contribution >= 0.6 is 0 Å². The smallest absolute Gasteiger partial charge is 0.192 e. The van der Waals surface area contributed by atoms with E-state index in [2.05, 4.69) is 98.8 Å². The Hall–Kier alpha value is -0.683. The van der Waals surface area contributed by atoms with Gasteiger partial charge < -0.3 is 14.3 Å². The Morgan fingerprint density at radius 3 is 2.20 bits per heavy atom. The first-order valence-corrected chi connectivity index (χ1v) is 21.5. The zero-order chi connectivity index (χ0) is 32.1. The SMILES string of the molecule is CC(C)C(CC[C@H](C)[C@H]1CCC2C3C(CC[C@@]21C)[C@@]1(C)CC[C@H](O)CC1C[C@@H]3OCc1ccccc1)O[Si](C)(C)C(C)(C)C. The highest BCUT2D eigenvalue weighted by atomic mass is 28.4. The summed E-state index contributed by atoms with van der Waals surface area (Å²) in [7, 11) is -1.79. The Morgan fingerprint density at radius 2 is 1.55 bits per heavy atom. The minimum absolute atomic E-state index is 0.125. The minimum atomic E-state index is -1.79. The van der Waals surface area contributed by atoms with Gasteiger partial charge in [-0.25, -0.2) is 0 Å². The highest BCUT2D eigenvalue weighted by Crippen LogP contribution is 2.69. The molecule has 0 bridgehead atoms. The lowest BCUT2D eigenvalue weighted by molar-refractivity contribution is -0.191. The fraction of sp³-hybridized carbons (Fsp3) is 0.850. The molecule has 0 aromatic heterocycles. The lowest BCUT2D eigenvalue weighted by atomic mass is 9.43. The van der Waals surface area contributed by atoms with Crippen molar-refractivity contribution in [2.24, 2.45) is 52.3 Å². The van der Waals surface area contributed by atoms with Gasteiger partial charge in [-0.2, -0.15) is 0 Å². The highest BCUT2D eigenvalue weighted by molar-refractivity contribution is 6.74. The summed E-state index contributed by atoms with van der Waals surface area (Å²) in [6.45, 7) is 25.3. The van der Waals surface area contributed by atoms with Gasteiger partial charge >= 0.3 is 0 Å². The number of hydrogen-bond acceptors (Lipinski definition) is 3. The molecule has 5 unspecified atom stereocenters. The average molecular weight is 625 g/mol. The second kappa shape index (κ2) is 13.1. The molecule has 4 aliphatic carbocycles. The van der Waals surface area contributed by atoms with E-state index in [1.54, 1.807) is 0 Å². The molecule has 0 radical (unpaired) electrons. The quantitative estimate of drug-likeness (QED) is 0.263. The van der Waals surface area contributed by atoms with Gasteiger partial charge in [0.2, 0.25) is 0 Å². The summed E-state index contributed by atoms with van der Waals surface area (Å²) >= 11 is 0. The van der Waals surface area contributed by atoms with Crippen LogP contribution in [0.3, 0.4) is 0 Å². The Kier molecular flexibility index (Phi) is 10.3. The molecular formula is C40H68O3Si. The molecule has 3 nitrogen and oxygen atoms in total. The van der Waals surface area contributed by atoms with Crippen molar-refractivity contribution in [2.75, 3.05) is 0 Å². The average Bonchev–Trinajstić information content (AvgIpc) is 3.31. The van der Waals surface area contributed by atoms with Crippen LogP contribution in [0, 0.1) is 52.3 Å². The van der Waals surface area contributed by atoms with E-state index >= 15 is 0 Å². The summed E-state index contributed by atoms with van der Waals surface area (Å²) in [5, 5.41) is 11.0. The molecule has 0 spiro atoms. The summed E-state index contributed by atoms with van der Waals surface area (Å²) in [5.41, 5.74) is 2.05. The second-order valence-corrected chi connectivity index (χ2v) is 23.2. The number of aliphatic hydroxyl groups is 1. The zero-order valence-corrected chi connectivity index (χ0v) is 31.2. The third-order valence-corrected chi connectivity index (χ3v) is 19.1. The van der Waals surface area contributed by atoms with E-state index in [1.165, 1.54) is 50.5 Å². The Labute approximate surface area is 272 Å². The van der Waals surface area contributed by atoms with Crippen LogP contribution < -0.4 is 0 Å². The van der Waals surface area contributed by atoms with Crippen LogP contribution in [0.2, 0.25) is 18.1 Å². The van der Waals surface area contributed by atoms with Gasteiger partial charge in [0, 0.05) is 6.10 Å². The van der Waals surface area contributed by atoms with Crippen LogP contribution in [-0.4, -0.2) is 31.7 Å². The summed E-state index contributed by atoms with van der Waals surface area (Å²) in [5.74, 6) is 4.80. The molecule has 0 heterocycles. The molecule has 0 amide bonds. The van der Waals surface area contributed by atoms with Crippen LogP contribution in [0.4, 0.5) is 0 Å². The van der Waals surface area contributed by atoms with Crippen LogP contribution in [0.5, 0.6) is 0 Å². The number of rotatable bonds is 10. The maximum atomic E-state index is 10.7. The molecular weight excluding hydrogens is 557 g/mol. The number of fused-ring (bicyclic) bond motifs is 5. The van der Waals surface area contributed by atoms with E-state index in [9.17, 15) is 5.11 Å². The van der Waals surface area contributed by atoms with Crippen LogP contribution in [0.25, 0.3) is 0 Å². The van der Waals surface area contributed by atoms with Gasteiger partial charge in [0.15, 0.2) is 8.32 Å². The summed E-state index contributed by atoms with van der Waals surface area (Å²) in [4.78, 5) is 0. The van der Waals surface area contributed by atoms with Gasteiger partial charge in [0.05, 0.1) is 18.8 Å². The predicted molar refractivity (Wildman–Crippen MR) is 187 cm³/mol. The molecule has 250 valence electrons. The largest absolute Gasteiger partial charge is 0.414 e. The molecule has 4 aliphatic rings. The summed E-state index contributed by atoms with van der Waals surface area (Å²) in [6, 6.07) is 10.8. The monoisotopic (exact) mass is 624 g/mol. The molecule has 1 aromatic rings. The van der Waals surface area contributed by atoms with E-state index in [0.717, 1.165) is 49.5 Å². The molecule has 1 aromatic carbocycles. The molecule has 1 N–H and O–H groups in total. The Balaban J connectivity index is 1.33. The third kappa shape index (κ3) is 6.67. The molecule has 0 saturated heterocycles. The van der Waals surface area contributed by atoms with Gasteiger partial charge in [-0.3, -0.25) is 0 Å². The minimum Gasteiger partial charge on any atom is -0.414 e. The van der Waals surface area contributed by atoms with Crippen LogP contribution in [0.1, 0.15) is 125 Å². The topological polar surface area (TPSA) is 38.7 Å². The predicted octanol–water partition coefficient (Wildman–Crippen LogP) is 10.7. The number of benzene rings is 1. The first-order chi connectivity index (χ1) is 20.6. The number of aliphatic hydroxyl groups excluding tert-OH is 1. The summed E-state index contributed by atoms with van der Waals surface area (Å²) < 4.78 is 14.0. The van der Waals surface area contributed by atoms with Crippen LogP contribution in [0.15, 0.2) is 30.3 Å². The van der Waals surface area contributed by atoms with E-state index in [4.69, 9.17) is 9.16 Å². The molecule has 0 aliphatic heterocycles. The van der Waals surface area contributed by atoms with Crippen molar-refractivity contribution in [1.29, 1.82) is 0 Å². The van der Waals surface area contributed by atoms with Gasteiger partial charge in [-0.05, 0) is 140 Å². The van der Waals surface area contributed by atoms with Gasteiger partial charge in [-0.1, -0.05) is 85.7 Å². The zero-order valence-electron chi connectivity index (χ0n) is 30.2. The third-order valence-electron chi connectivity index (χ3n) is 14.6. The lowest BCUT2D eigenvalue weighted by Crippen LogP contribution is -2.59. The molecule has 4 heteroatoms. The Morgan fingerprint density at radius 1 is 0.886 bits per heavy atom. The van der Waals surface area contributed by atoms with Crippen molar-refractivity contribution in [3.8, 4) is 0 Å². The van der Waals surface area contributed by atoms with Crippen molar-refractivity contribution in [3.05, 3.63) is 35.9 Å². The molecule has 4 fully saturated rings. The van der Waals surface area contributed by atoms with Crippen molar-refractivity contribution in [2.45, 2.75) is 163 Å². The van der Waals surface area contributed by atoms with Crippen LogP contribution in [-0.2, 0) is 15.8 Å². The maximum Gasteiger partial charge on any atom is 0.192 e. The fourth-order valence-electron chi connectivity index (χ4n) is 10.8. The molecule has 11 atom stereocenters. The fourth-order valence-corrected chi connectivity index (χ4v) is 12.3. The lowest BCUT2D eigenvalue weighted by Gasteiger charge is -2.63. The van der Waals surface area contributed by atoms with E-state index in [-0.39, 0.29) is 11.1 Å².